The summed E-state index contributed by atoms with van der Waals surface area (Å²) in [6, 6.07) is 0.311. The molecule has 16 heavy (non-hydrogen) atoms. The number of hydrogen-bond acceptors (Lipinski definition) is 5. The summed E-state index contributed by atoms with van der Waals surface area (Å²) < 4.78 is 5.02. The van der Waals surface area contributed by atoms with Crippen LogP contribution in [0.3, 0.4) is 0 Å². The van der Waals surface area contributed by atoms with E-state index in [9.17, 15) is 0 Å². The van der Waals surface area contributed by atoms with Gasteiger partial charge in [-0.2, -0.15) is 4.98 Å². The molecule has 0 aliphatic rings. The first-order valence-electron chi connectivity index (χ1n) is 5.50. The zero-order valence-electron chi connectivity index (χ0n) is 10.1. The molecule has 0 fully saturated rings. The zero-order chi connectivity index (χ0) is 12.0. The molecule has 90 valence electrons. The van der Waals surface area contributed by atoms with Crippen LogP contribution in [0.2, 0.25) is 0 Å². The number of anilines is 1. The van der Waals surface area contributed by atoms with E-state index in [0.717, 1.165) is 12.2 Å². The van der Waals surface area contributed by atoms with Gasteiger partial charge in [0.15, 0.2) is 0 Å². The van der Waals surface area contributed by atoms with E-state index in [1.807, 2.05) is 0 Å². The molecule has 0 spiro atoms. The fraction of sp³-hybridized carbons (Fsp3) is 0.636. The Labute approximate surface area is 96.4 Å². The van der Waals surface area contributed by atoms with Crippen molar-refractivity contribution in [3.05, 3.63) is 12.4 Å². The van der Waals surface area contributed by atoms with E-state index in [1.54, 1.807) is 19.5 Å². The Bertz CT molecular complexity index is 317. The highest BCUT2D eigenvalue weighted by Gasteiger charge is 2.13. The third kappa shape index (κ3) is 3.66. The quantitative estimate of drug-likeness (QED) is 0.761. The molecule has 1 atom stereocenters. The minimum atomic E-state index is 0.311. The molecule has 0 aliphatic carbocycles. The third-order valence-electron chi connectivity index (χ3n) is 2.44. The summed E-state index contributed by atoms with van der Waals surface area (Å²) in [6.07, 6.45) is 4.18. The van der Waals surface area contributed by atoms with Crippen molar-refractivity contribution in [2.24, 2.45) is 11.7 Å². The molecule has 0 aromatic carbocycles. The van der Waals surface area contributed by atoms with E-state index < -0.39 is 0 Å². The molecule has 1 rings (SSSR count). The highest BCUT2D eigenvalue weighted by molar-refractivity contribution is 5.34. The van der Waals surface area contributed by atoms with E-state index >= 15 is 0 Å². The molecule has 0 bridgehead atoms. The van der Waals surface area contributed by atoms with Gasteiger partial charge in [-0.15, -0.1) is 0 Å². The van der Waals surface area contributed by atoms with Gasteiger partial charge in [0, 0.05) is 6.04 Å². The number of rotatable bonds is 6. The second-order valence-corrected chi connectivity index (χ2v) is 4.02. The Morgan fingerprint density at radius 1 is 1.44 bits per heavy atom. The topological polar surface area (TPSA) is 73.1 Å². The van der Waals surface area contributed by atoms with Gasteiger partial charge < -0.3 is 15.8 Å². The van der Waals surface area contributed by atoms with Crippen molar-refractivity contribution in [2.75, 3.05) is 19.0 Å². The van der Waals surface area contributed by atoms with Crippen molar-refractivity contribution in [1.29, 1.82) is 0 Å². The summed E-state index contributed by atoms with van der Waals surface area (Å²) in [7, 11) is 1.58. The molecule has 1 aromatic rings. The van der Waals surface area contributed by atoms with Gasteiger partial charge in [0.1, 0.15) is 5.82 Å². The molecule has 0 saturated heterocycles. The van der Waals surface area contributed by atoms with Gasteiger partial charge in [-0.3, -0.25) is 4.98 Å². The lowest BCUT2D eigenvalue weighted by atomic mass is 10.0. The van der Waals surface area contributed by atoms with Crippen molar-refractivity contribution < 1.29 is 4.74 Å². The smallest absolute Gasteiger partial charge is 0.233 e. The van der Waals surface area contributed by atoms with Crippen molar-refractivity contribution >= 4 is 5.82 Å². The van der Waals surface area contributed by atoms with Crippen LogP contribution in [0.5, 0.6) is 5.88 Å². The van der Waals surface area contributed by atoms with Gasteiger partial charge in [-0.1, -0.05) is 13.8 Å². The second-order valence-electron chi connectivity index (χ2n) is 4.02. The van der Waals surface area contributed by atoms with Crippen molar-refractivity contribution in [3.8, 4) is 5.88 Å². The monoisotopic (exact) mass is 224 g/mol. The summed E-state index contributed by atoms with van der Waals surface area (Å²) in [5, 5.41) is 3.32. The van der Waals surface area contributed by atoms with E-state index in [2.05, 4.69) is 29.1 Å². The first kappa shape index (κ1) is 12.7. The molecule has 5 heteroatoms. The van der Waals surface area contributed by atoms with Gasteiger partial charge in [-0.25, -0.2) is 0 Å². The molecule has 1 heterocycles. The molecule has 1 unspecified atom stereocenters. The van der Waals surface area contributed by atoms with E-state index in [1.165, 1.54) is 0 Å². The average Bonchev–Trinajstić information content (AvgIpc) is 2.28. The van der Waals surface area contributed by atoms with Crippen LogP contribution < -0.4 is 15.8 Å². The molecular weight excluding hydrogens is 204 g/mol. The third-order valence-corrected chi connectivity index (χ3v) is 2.44. The van der Waals surface area contributed by atoms with Crippen LogP contribution in [0, 0.1) is 5.92 Å². The van der Waals surface area contributed by atoms with Crippen LogP contribution in [-0.4, -0.2) is 29.7 Å². The summed E-state index contributed by atoms with van der Waals surface area (Å²) in [6.45, 7) is 4.97. The first-order chi connectivity index (χ1) is 7.67. The average molecular weight is 224 g/mol. The Morgan fingerprint density at radius 3 is 2.75 bits per heavy atom. The standard InChI is InChI=1S/C11H20N4O/c1-8(2)9(4-5-12)14-10-6-13-7-11(15-10)16-3/h6-9H,4-5,12H2,1-3H3,(H,14,15). The molecule has 0 radical (unpaired) electrons. The lowest BCUT2D eigenvalue weighted by molar-refractivity contribution is 0.395. The molecular formula is C11H20N4O. The lowest BCUT2D eigenvalue weighted by Crippen LogP contribution is -2.28. The Kier molecular flexibility index (Phi) is 4.98. The number of methoxy groups -OCH3 is 1. The molecule has 0 saturated carbocycles. The fourth-order valence-corrected chi connectivity index (χ4v) is 1.46. The van der Waals surface area contributed by atoms with E-state index in [4.69, 9.17) is 10.5 Å². The lowest BCUT2D eigenvalue weighted by Gasteiger charge is -2.22. The maximum absolute atomic E-state index is 5.58. The molecule has 0 amide bonds. The van der Waals surface area contributed by atoms with Crippen LogP contribution in [0.25, 0.3) is 0 Å². The minimum absolute atomic E-state index is 0.311. The predicted molar refractivity (Wildman–Crippen MR) is 64.5 cm³/mol. The van der Waals surface area contributed by atoms with Gasteiger partial charge in [0.05, 0.1) is 19.5 Å². The van der Waals surface area contributed by atoms with Gasteiger partial charge >= 0.3 is 0 Å². The summed E-state index contributed by atoms with van der Waals surface area (Å²) in [4.78, 5) is 8.31. The number of nitrogens with zero attached hydrogens (tertiary/aromatic N) is 2. The first-order valence-corrected chi connectivity index (χ1v) is 5.50. The molecule has 3 N–H and O–H groups in total. The normalized spacial score (nSPS) is 12.6. The Morgan fingerprint density at radius 2 is 2.19 bits per heavy atom. The van der Waals surface area contributed by atoms with Crippen molar-refractivity contribution in [1.82, 2.24) is 9.97 Å². The summed E-state index contributed by atoms with van der Waals surface area (Å²) in [5.41, 5.74) is 5.58. The van der Waals surface area contributed by atoms with Crippen LogP contribution in [0.4, 0.5) is 5.82 Å². The van der Waals surface area contributed by atoms with Gasteiger partial charge in [0.2, 0.25) is 5.88 Å². The Hall–Kier alpha value is -1.36. The molecule has 5 nitrogen and oxygen atoms in total. The number of aromatic nitrogens is 2. The van der Waals surface area contributed by atoms with Crippen molar-refractivity contribution in [3.63, 3.8) is 0 Å². The minimum Gasteiger partial charge on any atom is -0.480 e. The second kappa shape index (κ2) is 6.27. The number of ether oxygens (including phenoxy) is 1. The van der Waals surface area contributed by atoms with Gasteiger partial charge in [0.25, 0.3) is 0 Å². The highest BCUT2D eigenvalue weighted by Crippen LogP contribution is 2.14. The number of nitrogens with one attached hydrogen (secondary N) is 1. The van der Waals surface area contributed by atoms with E-state index in [0.29, 0.717) is 24.4 Å². The van der Waals surface area contributed by atoms with Crippen molar-refractivity contribution in [2.45, 2.75) is 26.3 Å². The number of nitrogens with two attached hydrogens (primary N) is 1. The fourth-order valence-electron chi connectivity index (χ4n) is 1.46. The molecule has 0 aliphatic heterocycles. The van der Waals surface area contributed by atoms with Crippen LogP contribution >= 0.6 is 0 Å². The maximum Gasteiger partial charge on any atom is 0.233 e. The Balaban J connectivity index is 2.68. The van der Waals surface area contributed by atoms with E-state index in [-0.39, 0.29) is 0 Å². The molecule has 1 aromatic heterocycles. The van der Waals surface area contributed by atoms with Crippen LogP contribution in [0.15, 0.2) is 12.4 Å². The van der Waals surface area contributed by atoms with Gasteiger partial charge in [-0.05, 0) is 18.9 Å². The summed E-state index contributed by atoms with van der Waals surface area (Å²) >= 11 is 0. The maximum atomic E-state index is 5.58. The SMILES string of the molecule is COc1cncc(NC(CCN)C(C)C)n1. The summed E-state index contributed by atoms with van der Waals surface area (Å²) in [5.74, 6) is 1.74. The zero-order valence-corrected chi connectivity index (χ0v) is 10.1. The highest BCUT2D eigenvalue weighted by atomic mass is 16.5. The van der Waals surface area contributed by atoms with Crippen LogP contribution in [-0.2, 0) is 0 Å². The van der Waals surface area contributed by atoms with Crippen LogP contribution in [0.1, 0.15) is 20.3 Å². The predicted octanol–water partition coefficient (Wildman–Crippen LogP) is 1.27. The largest absolute Gasteiger partial charge is 0.480 e. The number of hydrogen-bond donors (Lipinski definition) is 2.